The predicted octanol–water partition coefficient (Wildman–Crippen LogP) is 0.317. The monoisotopic (exact) mass is 341 g/mol. The van der Waals surface area contributed by atoms with Crippen molar-refractivity contribution in [2.24, 2.45) is 13.0 Å². The lowest BCUT2D eigenvalue weighted by Crippen LogP contribution is -2.42. The maximum Gasteiger partial charge on any atom is 0.238 e. The molecule has 1 aromatic rings. The van der Waals surface area contributed by atoms with Crippen LogP contribution in [0.3, 0.4) is 0 Å². The third-order valence-corrected chi connectivity index (χ3v) is 5.13. The van der Waals surface area contributed by atoms with E-state index in [9.17, 15) is 13.2 Å². The van der Waals surface area contributed by atoms with Crippen LogP contribution in [0.4, 0.5) is 0 Å². The highest BCUT2D eigenvalue weighted by molar-refractivity contribution is 7.91. The number of carbonyl (C=O) groups excluding carboxylic acids is 1. The number of ether oxygens (including phenoxy) is 1. The predicted molar refractivity (Wildman–Crippen MR) is 84.6 cm³/mol. The van der Waals surface area contributed by atoms with E-state index in [1.807, 2.05) is 11.7 Å². The van der Waals surface area contributed by atoms with Crippen molar-refractivity contribution in [3.05, 3.63) is 17.5 Å². The molecular weight excluding hydrogens is 318 g/mol. The quantitative estimate of drug-likeness (QED) is 0.744. The van der Waals surface area contributed by atoms with Crippen molar-refractivity contribution in [2.45, 2.75) is 25.3 Å². The first-order valence-corrected chi connectivity index (χ1v) is 9.93. The third kappa shape index (κ3) is 4.11. The van der Waals surface area contributed by atoms with Gasteiger partial charge >= 0.3 is 0 Å². The molecule has 0 bridgehead atoms. The van der Waals surface area contributed by atoms with Crippen LogP contribution in [0.2, 0.25) is 0 Å². The summed E-state index contributed by atoms with van der Waals surface area (Å²) in [5.41, 5.74) is 2.06. The van der Waals surface area contributed by atoms with Crippen LogP contribution in [-0.2, 0) is 33.0 Å². The Bertz CT molecular complexity index is 694. The molecule has 0 aromatic carbocycles. The lowest BCUT2D eigenvalue weighted by molar-refractivity contribution is -0.130. The molecule has 23 heavy (non-hydrogen) atoms. The second-order valence-corrected chi connectivity index (χ2v) is 8.84. The highest BCUT2D eigenvalue weighted by Crippen LogP contribution is 2.31. The van der Waals surface area contributed by atoms with Crippen LogP contribution in [-0.4, -0.2) is 60.8 Å². The van der Waals surface area contributed by atoms with Crippen LogP contribution in [0.1, 0.15) is 30.0 Å². The number of nitrogens with zero attached hydrogens (tertiary/aromatic N) is 3. The Balaban J connectivity index is 1.71. The molecule has 1 atom stereocenters. The molecule has 3 rings (SSSR count). The fourth-order valence-corrected chi connectivity index (χ4v) is 3.69. The Kier molecular flexibility index (Phi) is 4.46. The number of carbonyl (C=O) groups is 1. The van der Waals surface area contributed by atoms with Gasteiger partial charge < -0.3 is 9.64 Å². The van der Waals surface area contributed by atoms with Gasteiger partial charge in [-0.1, -0.05) is 0 Å². The average Bonchev–Trinajstić information content (AvgIpc) is 3.19. The second kappa shape index (κ2) is 6.24. The number of amides is 1. The molecule has 2 heterocycles. The molecule has 1 aromatic heterocycles. The number of hydrogen-bond acceptors (Lipinski definition) is 5. The first-order valence-electron chi connectivity index (χ1n) is 7.87. The summed E-state index contributed by atoms with van der Waals surface area (Å²) in [5.74, 6) is -0.0756. The molecule has 2 aliphatic rings. The van der Waals surface area contributed by atoms with Gasteiger partial charge in [0.05, 0.1) is 18.5 Å². The minimum atomic E-state index is -3.33. The molecule has 1 unspecified atom stereocenters. The van der Waals surface area contributed by atoms with Gasteiger partial charge in [-0.15, -0.1) is 0 Å². The van der Waals surface area contributed by atoms with Gasteiger partial charge in [0.1, 0.15) is 5.75 Å². The molecule has 0 saturated heterocycles. The van der Waals surface area contributed by atoms with Crippen LogP contribution < -0.4 is 0 Å². The Morgan fingerprint density at radius 1 is 1.39 bits per heavy atom. The Labute approximate surface area is 136 Å². The van der Waals surface area contributed by atoms with Crippen LogP contribution in [0.25, 0.3) is 0 Å². The third-order valence-electron chi connectivity index (χ3n) is 4.36. The van der Waals surface area contributed by atoms with E-state index in [1.54, 1.807) is 11.1 Å². The highest BCUT2D eigenvalue weighted by Gasteiger charge is 2.32. The molecule has 0 spiro atoms. The van der Waals surface area contributed by atoms with E-state index in [-0.39, 0.29) is 11.8 Å². The van der Waals surface area contributed by atoms with E-state index < -0.39 is 15.6 Å². The molecule has 1 aliphatic heterocycles. The highest BCUT2D eigenvalue weighted by atomic mass is 32.2. The summed E-state index contributed by atoms with van der Waals surface area (Å²) in [6.45, 7) is 2.19. The minimum absolute atomic E-state index is 0.0357. The van der Waals surface area contributed by atoms with Crippen molar-refractivity contribution in [3.8, 4) is 0 Å². The zero-order valence-corrected chi connectivity index (χ0v) is 14.4. The summed E-state index contributed by atoms with van der Waals surface area (Å²) >= 11 is 0. The molecule has 7 nitrogen and oxygen atoms in total. The van der Waals surface area contributed by atoms with E-state index >= 15 is 0 Å². The van der Waals surface area contributed by atoms with E-state index in [2.05, 4.69) is 5.10 Å². The van der Waals surface area contributed by atoms with Crippen molar-refractivity contribution < 1.29 is 17.9 Å². The smallest absolute Gasteiger partial charge is 0.238 e. The van der Waals surface area contributed by atoms with Crippen molar-refractivity contribution in [3.63, 3.8) is 0 Å². The lowest BCUT2D eigenvalue weighted by Gasteiger charge is -2.33. The van der Waals surface area contributed by atoms with Crippen LogP contribution >= 0.6 is 0 Å². The molecule has 1 saturated carbocycles. The van der Waals surface area contributed by atoms with E-state index in [0.717, 1.165) is 24.1 Å². The average molecular weight is 341 g/mol. The Morgan fingerprint density at radius 2 is 2.13 bits per heavy atom. The molecule has 8 heteroatoms. The number of aromatic nitrogens is 2. The van der Waals surface area contributed by atoms with Gasteiger partial charge in [0.2, 0.25) is 5.91 Å². The first-order chi connectivity index (χ1) is 10.8. The molecule has 128 valence electrons. The molecule has 1 aliphatic carbocycles. The van der Waals surface area contributed by atoms with Crippen molar-refractivity contribution in [1.82, 2.24) is 14.7 Å². The molecule has 0 radical (unpaired) electrons. The fraction of sp³-hybridized carbons (Fsp3) is 0.733. The minimum Gasteiger partial charge on any atom is -0.380 e. The number of sulfone groups is 1. The number of rotatable bonds is 6. The van der Waals surface area contributed by atoms with Crippen LogP contribution in [0.5, 0.6) is 0 Å². The zero-order valence-electron chi connectivity index (χ0n) is 13.6. The maximum absolute atomic E-state index is 12.2. The summed E-state index contributed by atoms with van der Waals surface area (Å²) in [7, 11) is -1.44. The Hall–Kier alpha value is -1.41. The summed E-state index contributed by atoms with van der Waals surface area (Å²) < 4.78 is 30.4. The first kappa shape index (κ1) is 16.4. The largest absolute Gasteiger partial charge is 0.380 e. The van der Waals surface area contributed by atoms with Gasteiger partial charge in [-0.3, -0.25) is 9.48 Å². The number of hydrogen-bond donors (Lipinski definition) is 0. The maximum atomic E-state index is 12.2. The zero-order chi connectivity index (χ0) is 16.6. The second-order valence-electron chi connectivity index (χ2n) is 6.70. The molecule has 1 fully saturated rings. The van der Waals surface area contributed by atoms with Gasteiger partial charge in [0.25, 0.3) is 0 Å². The van der Waals surface area contributed by atoms with Crippen molar-refractivity contribution in [1.29, 1.82) is 0 Å². The SMILES string of the molecule is Cn1ncc2c1C(COCC1CC1)CN(C(=O)CS(C)(=O)=O)C2. The molecule has 0 N–H and O–H groups in total. The van der Waals surface area contributed by atoms with E-state index in [4.69, 9.17) is 4.74 Å². The van der Waals surface area contributed by atoms with Gasteiger partial charge in [-0.05, 0) is 18.8 Å². The van der Waals surface area contributed by atoms with Gasteiger partial charge in [-0.25, -0.2) is 8.42 Å². The Morgan fingerprint density at radius 3 is 2.78 bits per heavy atom. The summed E-state index contributed by atoms with van der Waals surface area (Å²) in [6.07, 6.45) is 5.31. The summed E-state index contributed by atoms with van der Waals surface area (Å²) in [6, 6.07) is 0. The van der Waals surface area contributed by atoms with Crippen molar-refractivity contribution >= 4 is 15.7 Å². The van der Waals surface area contributed by atoms with E-state index in [0.29, 0.717) is 25.6 Å². The summed E-state index contributed by atoms with van der Waals surface area (Å²) in [5, 5.41) is 4.28. The summed E-state index contributed by atoms with van der Waals surface area (Å²) in [4.78, 5) is 13.9. The topological polar surface area (TPSA) is 81.5 Å². The van der Waals surface area contributed by atoms with Gasteiger partial charge in [0.15, 0.2) is 9.84 Å². The van der Waals surface area contributed by atoms with Gasteiger partial charge in [-0.2, -0.15) is 5.10 Å². The normalized spacial score (nSPS) is 21.3. The fourth-order valence-electron chi connectivity index (χ4n) is 3.06. The molecule has 1 amide bonds. The van der Waals surface area contributed by atoms with Crippen molar-refractivity contribution in [2.75, 3.05) is 31.8 Å². The van der Waals surface area contributed by atoms with Crippen LogP contribution in [0, 0.1) is 5.92 Å². The standard InChI is InChI=1S/C15H23N3O4S/c1-17-15-12(5-16-17)6-18(14(19)10-23(2,20)21)7-13(15)9-22-8-11-3-4-11/h5,11,13H,3-4,6-10H2,1-2H3. The van der Waals surface area contributed by atoms with E-state index in [1.165, 1.54) is 12.8 Å². The molecular formula is C15H23N3O4S. The number of aryl methyl sites for hydroxylation is 1. The van der Waals surface area contributed by atoms with Crippen LogP contribution in [0.15, 0.2) is 6.20 Å². The lowest BCUT2D eigenvalue weighted by atomic mass is 9.97. The number of fused-ring (bicyclic) bond motifs is 1. The van der Waals surface area contributed by atoms with Gasteiger partial charge in [0, 0.05) is 44.5 Å².